The van der Waals surface area contributed by atoms with Gasteiger partial charge in [-0.15, -0.1) is 11.3 Å². The first-order valence-electron chi connectivity index (χ1n) is 9.19. The average Bonchev–Trinajstić information content (AvgIpc) is 3.25. The van der Waals surface area contributed by atoms with E-state index in [1.807, 2.05) is 6.92 Å². The number of fused-ring (bicyclic) bond motifs is 1. The molecule has 1 saturated carbocycles. The minimum Gasteiger partial charge on any atom is -0.345 e. The van der Waals surface area contributed by atoms with E-state index in [1.54, 1.807) is 5.38 Å². The zero-order valence-electron chi connectivity index (χ0n) is 14.7. The maximum absolute atomic E-state index is 12.1. The third kappa shape index (κ3) is 3.77. The summed E-state index contributed by atoms with van der Waals surface area (Å²) in [5.74, 6) is -0.126. The van der Waals surface area contributed by atoms with Gasteiger partial charge < -0.3 is 5.32 Å². The lowest BCUT2D eigenvalue weighted by atomic mass is 9.94. The lowest BCUT2D eigenvalue weighted by Crippen LogP contribution is -2.42. The molecule has 1 aliphatic carbocycles. The Morgan fingerprint density at radius 3 is 2.92 bits per heavy atom. The largest absolute Gasteiger partial charge is 0.345 e. The second-order valence-electron chi connectivity index (χ2n) is 7.05. The maximum Gasteiger partial charge on any atom is 0.271 e. The van der Waals surface area contributed by atoms with Gasteiger partial charge in [0.2, 0.25) is 0 Å². The number of rotatable bonds is 4. The fraction of sp³-hybridized carbons (Fsp3) is 0.611. The van der Waals surface area contributed by atoms with Gasteiger partial charge in [-0.1, -0.05) is 19.3 Å². The highest BCUT2D eigenvalue weighted by Crippen LogP contribution is 2.26. The summed E-state index contributed by atoms with van der Waals surface area (Å²) in [5, 5.41) is 10.3. The summed E-state index contributed by atoms with van der Waals surface area (Å²) < 4.78 is 2.10. The molecular weight excluding hydrogens is 334 g/mol. The van der Waals surface area contributed by atoms with Crippen LogP contribution in [0.5, 0.6) is 0 Å². The van der Waals surface area contributed by atoms with Crippen molar-refractivity contribution in [3.63, 3.8) is 0 Å². The molecule has 1 amide bonds. The summed E-state index contributed by atoms with van der Waals surface area (Å²) in [5.41, 5.74) is 2.70. The molecule has 0 atom stereocenters. The molecule has 0 saturated heterocycles. The van der Waals surface area contributed by atoms with Gasteiger partial charge in [-0.05, 0) is 25.8 Å². The van der Waals surface area contributed by atoms with Gasteiger partial charge >= 0.3 is 0 Å². The Bertz CT molecular complexity index is 746. The van der Waals surface area contributed by atoms with Gasteiger partial charge in [0.1, 0.15) is 5.69 Å². The smallest absolute Gasteiger partial charge is 0.271 e. The van der Waals surface area contributed by atoms with E-state index in [1.165, 1.54) is 49.1 Å². The number of nitrogens with zero attached hydrogens (tertiary/aromatic N) is 4. The third-order valence-electron chi connectivity index (χ3n) is 5.25. The molecule has 0 aromatic carbocycles. The van der Waals surface area contributed by atoms with Crippen LogP contribution in [0.25, 0.3) is 0 Å². The number of thiazole rings is 1. The van der Waals surface area contributed by atoms with Crippen LogP contribution in [0.3, 0.4) is 0 Å². The van der Waals surface area contributed by atoms with Crippen molar-refractivity contribution in [1.82, 2.24) is 25.0 Å². The molecule has 25 heavy (non-hydrogen) atoms. The Labute approximate surface area is 152 Å². The molecule has 1 fully saturated rings. The Morgan fingerprint density at radius 2 is 2.16 bits per heavy atom. The monoisotopic (exact) mass is 359 g/mol. The van der Waals surface area contributed by atoms with Gasteiger partial charge in [0, 0.05) is 24.5 Å². The van der Waals surface area contributed by atoms with Crippen LogP contribution in [-0.4, -0.2) is 38.2 Å². The summed E-state index contributed by atoms with van der Waals surface area (Å²) in [6, 6.07) is 2.88. The molecule has 0 radical (unpaired) electrons. The molecule has 7 heteroatoms. The first kappa shape index (κ1) is 16.7. The van der Waals surface area contributed by atoms with Crippen LogP contribution in [0, 0.1) is 6.92 Å². The second kappa shape index (κ2) is 7.25. The molecule has 6 nitrogen and oxygen atoms in total. The van der Waals surface area contributed by atoms with Gasteiger partial charge in [-0.2, -0.15) is 5.10 Å². The maximum atomic E-state index is 12.1. The predicted octanol–water partition coefficient (Wildman–Crippen LogP) is 2.73. The highest BCUT2D eigenvalue weighted by Gasteiger charge is 2.26. The molecule has 2 aliphatic rings. The molecular formula is C18H25N5OS. The van der Waals surface area contributed by atoms with Crippen molar-refractivity contribution in [3.8, 4) is 0 Å². The van der Waals surface area contributed by atoms with Crippen molar-refractivity contribution in [1.29, 1.82) is 0 Å². The number of aromatic nitrogens is 3. The van der Waals surface area contributed by atoms with Gasteiger partial charge in [0.25, 0.3) is 5.91 Å². The fourth-order valence-corrected chi connectivity index (χ4v) is 4.51. The summed E-state index contributed by atoms with van der Waals surface area (Å²) in [6.07, 6.45) is 6.81. The molecule has 2 aromatic rings. The molecule has 0 unspecified atom stereocenters. The number of amides is 1. The Morgan fingerprint density at radius 1 is 1.32 bits per heavy atom. The number of hydrogen-bond acceptors (Lipinski definition) is 5. The molecule has 2 aromatic heterocycles. The topological polar surface area (TPSA) is 63.1 Å². The lowest BCUT2D eigenvalue weighted by Gasteiger charge is -2.36. The molecule has 3 heterocycles. The van der Waals surface area contributed by atoms with E-state index in [0.717, 1.165) is 36.4 Å². The highest BCUT2D eigenvalue weighted by atomic mass is 32.1. The van der Waals surface area contributed by atoms with E-state index >= 15 is 0 Å². The standard InChI is InChI=1S/C18H25N5OS/c1-13-20-17(12-25-13)18(24)19-10-14-9-16-11-22(7-8-23(16)21-14)15-5-3-2-4-6-15/h9,12,15H,2-8,10-11H2,1H3,(H,19,24). The van der Waals surface area contributed by atoms with Gasteiger partial charge in [-0.25, -0.2) is 4.98 Å². The quantitative estimate of drug-likeness (QED) is 0.912. The van der Waals surface area contributed by atoms with Crippen molar-refractivity contribution >= 4 is 17.2 Å². The molecule has 0 bridgehead atoms. The van der Waals surface area contributed by atoms with Crippen LogP contribution in [0.4, 0.5) is 0 Å². The van der Waals surface area contributed by atoms with E-state index in [-0.39, 0.29) is 5.91 Å². The summed E-state index contributed by atoms with van der Waals surface area (Å²) in [6.45, 7) is 5.38. The minimum absolute atomic E-state index is 0.126. The summed E-state index contributed by atoms with van der Waals surface area (Å²) in [4.78, 5) is 19.0. The van der Waals surface area contributed by atoms with Crippen molar-refractivity contribution < 1.29 is 4.79 Å². The van der Waals surface area contributed by atoms with Crippen LogP contribution in [0.1, 0.15) is 59.0 Å². The normalized spacial score (nSPS) is 18.9. The number of nitrogens with one attached hydrogen (secondary N) is 1. The Kier molecular flexibility index (Phi) is 4.85. The van der Waals surface area contributed by atoms with Gasteiger partial charge in [0.05, 0.1) is 29.5 Å². The second-order valence-corrected chi connectivity index (χ2v) is 8.11. The molecule has 1 N–H and O–H groups in total. The van der Waals surface area contributed by atoms with Gasteiger partial charge in [0.15, 0.2) is 0 Å². The Balaban J connectivity index is 1.36. The highest BCUT2D eigenvalue weighted by molar-refractivity contribution is 7.09. The lowest BCUT2D eigenvalue weighted by molar-refractivity contribution is 0.0946. The van der Waals surface area contributed by atoms with Crippen molar-refractivity contribution in [3.05, 3.63) is 33.5 Å². The van der Waals surface area contributed by atoms with Crippen LogP contribution in [-0.2, 0) is 19.6 Å². The van der Waals surface area contributed by atoms with E-state index in [2.05, 4.69) is 31.0 Å². The van der Waals surface area contributed by atoms with Crippen molar-refractivity contribution in [2.45, 2.75) is 64.7 Å². The molecule has 134 valence electrons. The zero-order chi connectivity index (χ0) is 17.2. The first-order valence-corrected chi connectivity index (χ1v) is 10.1. The zero-order valence-corrected chi connectivity index (χ0v) is 15.5. The average molecular weight is 359 g/mol. The fourth-order valence-electron chi connectivity index (χ4n) is 3.92. The van der Waals surface area contributed by atoms with Crippen LogP contribution >= 0.6 is 11.3 Å². The van der Waals surface area contributed by atoms with E-state index in [0.29, 0.717) is 12.2 Å². The minimum atomic E-state index is -0.126. The summed E-state index contributed by atoms with van der Waals surface area (Å²) >= 11 is 1.49. The van der Waals surface area contributed by atoms with Crippen molar-refractivity contribution in [2.75, 3.05) is 6.54 Å². The number of aryl methyl sites for hydroxylation is 1. The van der Waals surface area contributed by atoms with Crippen LogP contribution < -0.4 is 5.32 Å². The molecule has 4 rings (SSSR count). The van der Waals surface area contributed by atoms with Gasteiger partial charge in [-0.3, -0.25) is 14.4 Å². The third-order valence-corrected chi connectivity index (χ3v) is 6.02. The number of hydrogen-bond donors (Lipinski definition) is 1. The summed E-state index contributed by atoms with van der Waals surface area (Å²) in [7, 11) is 0. The SMILES string of the molecule is Cc1nc(C(=O)NCc2cc3n(n2)CCN(C2CCCCC2)C3)cs1. The van der Waals surface area contributed by atoms with Crippen LogP contribution in [0.15, 0.2) is 11.4 Å². The van der Waals surface area contributed by atoms with E-state index in [4.69, 9.17) is 0 Å². The molecule has 1 aliphatic heterocycles. The van der Waals surface area contributed by atoms with Crippen molar-refractivity contribution in [2.24, 2.45) is 0 Å². The van der Waals surface area contributed by atoms with E-state index in [9.17, 15) is 4.79 Å². The number of carbonyl (C=O) groups excluding carboxylic acids is 1. The number of carbonyl (C=O) groups is 1. The predicted molar refractivity (Wildman–Crippen MR) is 97.5 cm³/mol. The first-order chi connectivity index (χ1) is 12.2. The van der Waals surface area contributed by atoms with Crippen LogP contribution in [0.2, 0.25) is 0 Å². The molecule has 0 spiro atoms. The van der Waals surface area contributed by atoms with E-state index < -0.39 is 0 Å². The Hall–Kier alpha value is -1.73.